The van der Waals surface area contributed by atoms with E-state index in [4.69, 9.17) is 5.84 Å². The van der Waals surface area contributed by atoms with Gasteiger partial charge in [-0.3, -0.25) is 0 Å². The number of hydrazine groups is 1. The van der Waals surface area contributed by atoms with Crippen molar-refractivity contribution in [3.05, 3.63) is 54.2 Å². The smallest absolute Gasteiger partial charge is 0.140 e. The third kappa shape index (κ3) is 3.46. The van der Waals surface area contributed by atoms with Gasteiger partial charge in [-0.1, -0.05) is 30.3 Å². The topological polar surface area (TPSA) is 63.0 Å². The molecule has 1 aromatic carbocycles. The highest BCUT2D eigenvalue weighted by Gasteiger charge is 1.94. The summed E-state index contributed by atoms with van der Waals surface area (Å²) in [6, 6.07) is 14.2. The first kappa shape index (κ1) is 11.4. The Balaban J connectivity index is 1.82. The molecule has 0 saturated heterocycles. The van der Waals surface area contributed by atoms with Crippen molar-refractivity contribution < 1.29 is 0 Å². The van der Waals surface area contributed by atoms with E-state index in [2.05, 4.69) is 40.0 Å². The molecule has 0 fully saturated rings. The normalized spacial score (nSPS) is 9.94. The highest BCUT2D eigenvalue weighted by molar-refractivity contribution is 5.46. The SMILES string of the molecule is NNc1ccc(NCCc2ccccc2)cn1. The van der Waals surface area contributed by atoms with Crippen LogP contribution in [-0.2, 0) is 6.42 Å². The van der Waals surface area contributed by atoms with E-state index in [0.29, 0.717) is 5.82 Å². The molecular formula is C13H16N4. The van der Waals surface area contributed by atoms with Crippen LogP contribution in [0.1, 0.15) is 5.56 Å². The average molecular weight is 228 g/mol. The lowest BCUT2D eigenvalue weighted by Crippen LogP contribution is -2.09. The van der Waals surface area contributed by atoms with E-state index in [9.17, 15) is 0 Å². The number of nitrogen functional groups attached to an aromatic ring is 1. The van der Waals surface area contributed by atoms with Gasteiger partial charge in [0.25, 0.3) is 0 Å². The number of hydrogen-bond acceptors (Lipinski definition) is 4. The molecule has 0 aliphatic heterocycles. The Morgan fingerprint density at radius 2 is 1.88 bits per heavy atom. The fourth-order valence-electron chi connectivity index (χ4n) is 1.58. The minimum atomic E-state index is 0.665. The van der Waals surface area contributed by atoms with Crippen LogP contribution >= 0.6 is 0 Å². The molecule has 88 valence electrons. The molecule has 0 radical (unpaired) electrons. The monoisotopic (exact) mass is 228 g/mol. The molecule has 0 saturated carbocycles. The lowest BCUT2D eigenvalue weighted by Gasteiger charge is -2.06. The number of rotatable bonds is 5. The van der Waals surface area contributed by atoms with Crippen LogP contribution in [0.3, 0.4) is 0 Å². The molecule has 0 atom stereocenters. The van der Waals surface area contributed by atoms with Crippen LogP contribution in [0.25, 0.3) is 0 Å². The molecule has 4 nitrogen and oxygen atoms in total. The van der Waals surface area contributed by atoms with Crippen molar-refractivity contribution in [2.24, 2.45) is 5.84 Å². The number of nitrogens with two attached hydrogens (primary N) is 1. The van der Waals surface area contributed by atoms with Gasteiger partial charge in [0, 0.05) is 6.54 Å². The number of pyridine rings is 1. The van der Waals surface area contributed by atoms with Crippen molar-refractivity contribution in [3.8, 4) is 0 Å². The van der Waals surface area contributed by atoms with Gasteiger partial charge in [0.2, 0.25) is 0 Å². The van der Waals surface area contributed by atoms with E-state index in [1.54, 1.807) is 6.20 Å². The molecule has 4 N–H and O–H groups in total. The highest BCUT2D eigenvalue weighted by Crippen LogP contribution is 2.08. The molecule has 1 heterocycles. The zero-order valence-electron chi connectivity index (χ0n) is 9.56. The third-order valence-electron chi connectivity index (χ3n) is 2.50. The van der Waals surface area contributed by atoms with Crippen molar-refractivity contribution >= 4 is 11.5 Å². The molecule has 0 bridgehead atoms. The largest absolute Gasteiger partial charge is 0.383 e. The summed E-state index contributed by atoms with van der Waals surface area (Å²) in [5, 5.41) is 3.31. The zero-order chi connectivity index (χ0) is 11.9. The summed E-state index contributed by atoms with van der Waals surface area (Å²) in [5.74, 6) is 5.91. The van der Waals surface area contributed by atoms with Crippen LogP contribution in [0.4, 0.5) is 11.5 Å². The summed E-state index contributed by atoms with van der Waals surface area (Å²) >= 11 is 0. The van der Waals surface area contributed by atoms with Gasteiger partial charge in [-0.25, -0.2) is 10.8 Å². The van der Waals surface area contributed by atoms with Crippen LogP contribution in [-0.4, -0.2) is 11.5 Å². The fraction of sp³-hybridized carbons (Fsp3) is 0.154. The van der Waals surface area contributed by atoms with Crippen molar-refractivity contribution in [2.75, 3.05) is 17.3 Å². The quantitative estimate of drug-likeness (QED) is 0.541. The molecule has 4 heteroatoms. The van der Waals surface area contributed by atoms with Crippen molar-refractivity contribution in [1.82, 2.24) is 4.98 Å². The van der Waals surface area contributed by atoms with Gasteiger partial charge in [-0.2, -0.15) is 0 Å². The number of nitrogens with one attached hydrogen (secondary N) is 2. The molecule has 2 aromatic rings. The Kier molecular flexibility index (Phi) is 3.94. The van der Waals surface area contributed by atoms with Crippen LogP contribution in [0.5, 0.6) is 0 Å². The third-order valence-corrected chi connectivity index (χ3v) is 2.50. The van der Waals surface area contributed by atoms with Gasteiger partial charge >= 0.3 is 0 Å². The van der Waals surface area contributed by atoms with Crippen LogP contribution in [0.2, 0.25) is 0 Å². The first-order chi connectivity index (χ1) is 8.38. The molecule has 1 aromatic heterocycles. The molecule has 17 heavy (non-hydrogen) atoms. The predicted molar refractivity (Wildman–Crippen MR) is 70.7 cm³/mol. The molecule has 0 aliphatic carbocycles. The minimum absolute atomic E-state index is 0.665. The number of anilines is 2. The molecular weight excluding hydrogens is 212 g/mol. The van der Waals surface area contributed by atoms with Gasteiger partial charge in [-0.05, 0) is 24.1 Å². The Hall–Kier alpha value is -2.07. The Morgan fingerprint density at radius 3 is 2.53 bits per heavy atom. The summed E-state index contributed by atoms with van der Waals surface area (Å²) in [5.41, 5.74) is 4.82. The van der Waals surface area contributed by atoms with E-state index >= 15 is 0 Å². The number of aromatic nitrogens is 1. The second-order valence-electron chi connectivity index (χ2n) is 3.74. The summed E-state index contributed by atoms with van der Waals surface area (Å²) in [6.07, 6.45) is 2.76. The van der Waals surface area contributed by atoms with Gasteiger partial charge in [0.15, 0.2) is 0 Å². The second-order valence-corrected chi connectivity index (χ2v) is 3.74. The minimum Gasteiger partial charge on any atom is -0.383 e. The van der Waals surface area contributed by atoms with Gasteiger partial charge in [-0.15, -0.1) is 0 Å². The number of benzene rings is 1. The lowest BCUT2D eigenvalue weighted by atomic mass is 10.1. The van der Waals surface area contributed by atoms with E-state index in [0.717, 1.165) is 18.7 Å². The van der Waals surface area contributed by atoms with Gasteiger partial charge in [0.1, 0.15) is 5.82 Å². The second kappa shape index (κ2) is 5.86. The van der Waals surface area contributed by atoms with Crippen LogP contribution in [0, 0.1) is 0 Å². The number of nitrogens with zero attached hydrogens (tertiary/aromatic N) is 1. The maximum atomic E-state index is 5.24. The Bertz CT molecular complexity index is 439. The van der Waals surface area contributed by atoms with Crippen molar-refractivity contribution in [1.29, 1.82) is 0 Å². The first-order valence-electron chi connectivity index (χ1n) is 5.59. The van der Waals surface area contributed by atoms with Crippen LogP contribution in [0.15, 0.2) is 48.7 Å². The highest BCUT2D eigenvalue weighted by atomic mass is 15.2. The fourth-order valence-corrected chi connectivity index (χ4v) is 1.58. The zero-order valence-corrected chi connectivity index (χ0v) is 9.56. The lowest BCUT2D eigenvalue weighted by molar-refractivity contribution is 1.02. The van der Waals surface area contributed by atoms with Gasteiger partial charge in [0.05, 0.1) is 11.9 Å². The maximum absolute atomic E-state index is 5.24. The molecule has 2 rings (SSSR count). The van der Waals surface area contributed by atoms with Crippen molar-refractivity contribution in [3.63, 3.8) is 0 Å². The molecule has 0 unspecified atom stereocenters. The van der Waals surface area contributed by atoms with E-state index in [1.165, 1.54) is 5.56 Å². The molecule has 0 amide bonds. The first-order valence-corrected chi connectivity index (χ1v) is 5.59. The van der Waals surface area contributed by atoms with Crippen LogP contribution < -0.4 is 16.6 Å². The van der Waals surface area contributed by atoms with Gasteiger partial charge < -0.3 is 10.7 Å². The van der Waals surface area contributed by atoms with E-state index in [-0.39, 0.29) is 0 Å². The summed E-state index contributed by atoms with van der Waals surface area (Å²) in [7, 11) is 0. The Morgan fingerprint density at radius 1 is 1.06 bits per heavy atom. The summed E-state index contributed by atoms with van der Waals surface area (Å²) in [4.78, 5) is 4.12. The summed E-state index contributed by atoms with van der Waals surface area (Å²) < 4.78 is 0. The van der Waals surface area contributed by atoms with Crippen molar-refractivity contribution in [2.45, 2.75) is 6.42 Å². The maximum Gasteiger partial charge on any atom is 0.140 e. The Labute approximate surface area is 101 Å². The average Bonchev–Trinajstić information content (AvgIpc) is 2.41. The standard InChI is InChI=1S/C13H16N4/c14-17-13-7-6-12(10-16-13)15-9-8-11-4-2-1-3-5-11/h1-7,10,15H,8-9,14H2,(H,16,17). The molecule has 0 spiro atoms. The van der Waals surface area contributed by atoms with E-state index < -0.39 is 0 Å². The molecule has 0 aliphatic rings. The summed E-state index contributed by atoms with van der Waals surface area (Å²) in [6.45, 7) is 0.890. The predicted octanol–water partition coefficient (Wildman–Crippen LogP) is 2.02. The number of hydrogen-bond donors (Lipinski definition) is 3. The van der Waals surface area contributed by atoms with E-state index in [1.807, 2.05) is 18.2 Å².